The minimum absolute atomic E-state index is 0.381. The topological polar surface area (TPSA) is 26.3 Å². The summed E-state index contributed by atoms with van der Waals surface area (Å²) in [7, 11) is 1.48. The van der Waals surface area contributed by atoms with E-state index in [2.05, 4.69) is 0 Å². The fraction of sp³-hybridized carbons (Fsp3) is 0.100. The van der Waals surface area contributed by atoms with Crippen molar-refractivity contribution in [2.24, 2.45) is 0 Å². The molecule has 0 amide bonds. The van der Waals surface area contributed by atoms with Gasteiger partial charge in [0.05, 0.1) is 12.1 Å². The van der Waals surface area contributed by atoms with Gasteiger partial charge in [-0.2, -0.15) is 0 Å². The van der Waals surface area contributed by atoms with Gasteiger partial charge in [0.25, 0.3) is 0 Å². The Balaban J connectivity index is 3.20. The predicted molar refractivity (Wildman–Crippen MR) is 62.9 cm³/mol. The molecule has 0 bridgehead atoms. The number of hydrogen-bond acceptors (Lipinski definition) is 2. The molecule has 1 rings (SSSR count). The maximum absolute atomic E-state index is 10.6. The third kappa shape index (κ3) is 3.42. The molecule has 0 unspecified atom stereocenters. The summed E-state index contributed by atoms with van der Waals surface area (Å²) in [5.41, 5.74) is 0.601. The van der Waals surface area contributed by atoms with Crippen LogP contribution in [0.5, 0.6) is 5.75 Å². The number of benzene rings is 1. The summed E-state index contributed by atoms with van der Waals surface area (Å²) in [5.74, 6) is 0.454. The van der Waals surface area contributed by atoms with Crippen molar-refractivity contribution in [3.8, 4) is 5.75 Å². The van der Waals surface area contributed by atoms with Crippen molar-refractivity contribution >= 4 is 46.1 Å². The van der Waals surface area contributed by atoms with Crippen LogP contribution in [-0.4, -0.2) is 12.4 Å². The number of ether oxygens (including phenoxy) is 1. The van der Waals surface area contributed by atoms with E-state index < -0.39 is 5.24 Å². The lowest BCUT2D eigenvalue weighted by molar-refractivity contribution is -0.107. The van der Waals surface area contributed by atoms with Crippen LogP contribution in [-0.2, 0) is 4.79 Å². The molecule has 0 saturated heterocycles. The molecule has 0 saturated carbocycles. The Kier molecular flexibility index (Phi) is 4.45. The molecule has 1 aromatic carbocycles. The molecule has 0 aliphatic rings. The van der Waals surface area contributed by atoms with Crippen molar-refractivity contribution in [1.29, 1.82) is 0 Å². The van der Waals surface area contributed by atoms with Gasteiger partial charge in [-0.15, -0.1) is 0 Å². The molecule has 2 nitrogen and oxygen atoms in total. The van der Waals surface area contributed by atoms with E-state index in [1.165, 1.54) is 19.3 Å². The van der Waals surface area contributed by atoms with Crippen molar-refractivity contribution in [1.82, 2.24) is 0 Å². The Morgan fingerprint density at radius 1 is 1.40 bits per heavy atom. The van der Waals surface area contributed by atoms with E-state index >= 15 is 0 Å². The van der Waals surface area contributed by atoms with Gasteiger partial charge >= 0.3 is 0 Å². The number of carbonyl (C=O) groups is 1. The second-order valence-electron chi connectivity index (χ2n) is 2.65. The second kappa shape index (κ2) is 5.40. The van der Waals surface area contributed by atoms with Crippen LogP contribution in [0.15, 0.2) is 18.2 Å². The molecule has 0 radical (unpaired) electrons. The lowest BCUT2D eigenvalue weighted by Crippen LogP contribution is -1.89. The monoisotopic (exact) mass is 264 g/mol. The van der Waals surface area contributed by atoms with E-state index in [1.54, 1.807) is 12.1 Å². The molecule has 1 aromatic rings. The van der Waals surface area contributed by atoms with Crippen molar-refractivity contribution in [2.45, 2.75) is 0 Å². The summed E-state index contributed by atoms with van der Waals surface area (Å²) in [5, 5.41) is 0.266. The fourth-order valence-electron chi connectivity index (χ4n) is 1.07. The zero-order valence-electron chi connectivity index (χ0n) is 7.76. The summed E-state index contributed by atoms with van der Waals surface area (Å²) in [6.07, 6.45) is 2.69. The summed E-state index contributed by atoms with van der Waals surface area (Å²) in [6, 6.07) is 3.18. The minimum Gasteiger partial charge on any atom is -0.495 e. The molecular weight excluding hydrogens is 258 g/mol. The van der Waals surface area contributed by atoms with Gasteiger partial charge in [0.2, 0.25) is 5.24 Å². The SMILES string of the molecule is COc1c(Cl)cc(Cl)cc1/C=C/C(=O)Cl. The van der Waals surface area contributed by atoms with Crippen molar-refractivity contribution < 1.29 is 9.53 Å². The molecule has 0 atom stereocenters. The molecule has 0 N–H and O–H groups in total. The van der Waals surface area contributed by atoms with Gasteiger partial charge in [0.15, 0.2) is 0 Å². The highest BCUT2D eigenvalue weighted by Gasteiger charge is 2.07. The Labute approximate surface area is 102 Å². The first kappa shape index (κ1) is 12.4. The molecule has 0 spiro atoms. The van der Waals surface area contributed by atoms with E-state index in [4.69, 9.17) is 39.5 Å². The molecule has 80 valence electrons. The molecule has 15 heavy (non-hydrogen) atoms. The molecule has 5 heteroatoms. The third-order valence-electron chi connectivity index (χ3n) is 1.64. The lowest BCUT2D eigenvalue weighted by atomic mass is 10.2. The number of carbonyl (C=O) groups excluding carboxylic acids is 1. The van der Waals surface area contributed by atoms with Gasteiger partial charge < -0.3 is 4.74 Å². The van der Waals surface area contributed by atoms with Gasteiger partial charge in [0, 0.05) is 10.6 Å². The van der Waals surface area contributed by atoms with Crippen molar-refractivity contribution in [3.63, 3.8) is 0 Å². The number of halogens is 3. The van der Waals surface area contributed by atoms with E-state index in [9.17, 15) is 4.79 Å². The predicted octanol–water partition coefficient (Wildman–Crippen LogP) is 3.78. The summed E-state index contributed by atoms with van der Waals surface area (Å²) in [4.78, 5) is 10.6. The van der Waals surface area contributed by atoms with E-state index in [0.717, 1.165) is 0 Å². The maximum Gasteiger partial charge on any atom is 0.245 e. The van der Waals surface area contributed by atoms with E-state index in [0.29, 0.717) is 21.4 Å². The smallest absolute Gasteiger partial charge is 0.245 e. The molecular formula is C10H7Cl3O2. The average molecular weight is 266 g/mol. The normalized spacial score (nSPS) is 10.7. The van der Waals surface area contributed by atoms with Crippen LogP contribution in [0.3, 0.4) is 0 Å². The molecule has 0 aromatic heterocycles. The standard InChI is InChI=1S/C10H7Cl3O2/c1-15-10-6(2-3-9(13)14)4-7(11)5-8(10)12/h2-5H,1H3/b3-2+. The Bertz CT molecular complexity index is 413. The summed E-state index contributed by atoms with van der Waals surface area (Å²) in [6.45, 7) is 0. The maximum atomic E-state index is 10.6. The van der Waals surface area contributed by atoms with Gasteiger partial charge in [-0.05, 0) is 35.9 Å². The van der Waals surface area contributed by atoms with Crippen LogP contribution < -0.4 is 4.74 Å². The lowest BCUT2D eigenvalue weighted by Gasteiger charge is -2.07. The Hall–Kier alpha value is -0.700. The average Bonchev–Trinajstić information content (AvgIpc) is 2.13. The van der Waals surface area contributed by atoms with Gasteiger partial charge in [-0.3, -0.25) is 4.79 Å². The number of rotatable bonds is 3. The largest absolute Gasteiger partial charge is 0.495 e. The fourth-order valence-corrected chi connectivity index (χ4v) is 1.72. The Morgan fingerprint density at radius 3 is 2.60 bits per heavy atom. The number of hydrogen-bond donors (Lipinski definition) is 0. The number of methoxy groups -OCH3 is 1. The zero-order chi connectivity index (χ0) is 11.4. The molecule has 0 aliphatic carbocycles. The zero-order valence-corrected chi connectivity index (χ0v) is 10.0. The van der Waals surface area contributed by atoms with Gasteiger partial charge in [-0.25, -0.2) is 0 Å². The highest BCUT2D eigenvalue weighted by atomic mass is 35.5. The van der Waals surface area contributed by atoms with Crippen LogP contribution >= 0.6 is 34.8 Å². The molecule has 0 heterocycles. The van der Waals surface area contributed by atoms with Gasteiger partial charge in [0.1, 0.15) is 5.75 Å². The van der Waals surface area contributed by atoms with Gasteiger partial charge in [-0.1, -0.05) is 23.2 Å². The van der Waals surface area contributed by atoms with Crippen LogP contribution in [0.25, 0.3) is 6.08 Å². The summed E-state index contributed by atoms with van der Waals surface area (Å²) >= 11 is 16.9. The second-order valence-corrected chi connectivity index (χ2v) is 3.86. The Morgan fingerprint density at radius 2 is 2.07 bits per heavy atom. The van der Waals surface area contributed by atoms with Crippen LogP contribution in [0.4, 0.5) is 0 Å². The van der Waals surface area contributed by atoms with E-state index in [1.807, 2.05) is 0 Å². The van der Waals surface area contributed by atoms with Crippen LogP contribution in [0, 0.1) is 0 Å². The van der Waals surface area contributed by atoms with Crippen LogP contribution in [0.2, 0.25) is 10.0 Å². The third-order valence-corrected chi connectivity index (χ3v) is 2.26. The quantitative estimate of drug-likeness (QED) is 0.614. The number of allylic oxidation sites excluding steroid dienone is 1. The van der Waals surface area contributed by atoms with E-state index in [-0.39, 0.29) is 0 Å². The highest BCUT2D eigenvalue weighted by Crippen LogP contribution is 2.32. The first-order valence-corrected chi connectivity index (χ1v) is 5.08. The first-order valence-electron chi connectivity index (χ1n) is 3.95. The highest BCUT2D eigenvalue weighted by molar-refractivity contribution is 6.66. The van der Waals surface area contributed by atoms with Crippen LogP contribution in [0.1, 0.15) is 5.56 Å². The molecule has 0 aliphatic heterocycles. The van der Waals surface area contributed by atoms with Crippen molar-refractivity contribution in [2.75, 3.05) is 7.11 Å². The van der Waals surface area contributed by atoms with Crippen molar-refractivity contribution in [3.05, 3.63) is 33.8 Å². The first-order chi connectivity index (χ1) is 7.04. The minimum atomic E-state index is -0.576. The molecule has 0 fully saturated rings. The summed E-state index contributed by atoms with van der Waals surface area (Å²) < 4.78 is 5.07.